The minimum absolute atomic E-state index is 0.0382. The molecule has 154 valence electrons. The van der Waals surface area contributed by atoms with Crippen LogP contribution in [0.5, 0.6) is 0 Å². The number of likely N-dealkylation sites (tertiary alicyclic amines) is 1. The van der Waals surface area contributed by atoms with Gasteiger partial charge in [-0.25, -0.2) is 4.68 Å². The molecule has 1 aliphatic rings. The summed E-state index contributed by atoms with van der Waals surface area (Å²) in [5.74, 6) is -0.00140. The molecule has 1 aromatic carbocycles. The quantitative estimate of drug-likeness (QED) is 0.542. The average Bonchev–Trinajstić information content (AvgIpc) is 3.25. The van der Waals surface area contributed by atoms with E-state index in [1.807, 2.05) is 47.9 Å². The molecule has 3 aromatic rings. The van der Waals surface area contributed by atoms with Crippen molar-refractivity contribution < 1.29 is 17.6 Å². The van der Waals surface area contributed by atoms with Crippen molar-refractivity contribution in [3.05, 3.63) is 53.2 Å². The minimum Gasteiger partial charge on any atom is -0.469 e. The number of nitrogens with zero attached hydrogens (tertiary/aromatic N) is 4. The van der Waals surface area contributed by atoms with Crippen LogP contribution in [0.1, 0.15) is 18.6 Å². The van der Waals surface area contributed by atoms with Crippen molar-refractivity contribution in [1.82, 2.24) is 19.2 Å². The Balaban J connectivity index is 1.71. The number of halogens is 3. The summed E-state index contributed by atoms with van der Waals surface area (Å²) < 4.78 is 48.8. The number of piperidine rings is 1. The van der Waals surface area contributed by atoms with E-state index in [2.05, 4.69) is 5.10 Å². The Labute approximate surface area is 171 Å². The molecule has 29 heavy (non-hydrogen) atoms. The molecule has 0 amide bonds. The number of aryl methyl sites for hydroxylation is 1. The largest absolute Gasteiger partial charge is 0.469 e. The fourth-order valence-corrected chi connectivity index (χ4v) is 4.03. The van der Waals surface area contributed by atoms with Gasteiger partial charge in [0.1, 0.15) is 5.76 Å². The van der Waals surface area contributed by atoms with Gasteiger partial charge in [-0.2, -0.15) is 13.2 Å². The lowest BCUT2D eigenvalue weighted by atomic mass is 9.98. The molecule has 0 radical (unpaired) electrons. The molecule has 1 aliphatic heterocycles. The van der Waals surface area contributed by atoms with Crippen LogP contribution in [0.2, 0.25) is 0 Å². The van der Waals surface area contributed by atoms with E-state index in [1.165, 1.54) is 0 Å². The summed E-state index contributed by atoms with van der Waals surface area (Å²) in [6.07, 6.45) is -1.92. The van der Waals surface area contributed by atoms with Crippen molar-refractivity contribution in [3.63, 3.8) is 0 Å². The first-order valence-electron chi connectivity index (χ1n) is 9.43. The highest BCUT2D eigenvalue weighted by molar-refractivity contribution is 7.71. The lowest BCUT2D eigenvalue weighted by molar-refractivity contribution is -0.188. The first-order chi connectivity index (χ1) is 13.8. The van der Waals surface area contributed by atoms with E-state index in [1.54, 1.807) is 15.8 Å². The average molecular weight is 422 g/mol. The second-order valence-corrected chi connectivity index (χ2v) is 7.63. The fraction of sp³-hybridized carbons (Fsp3) is 0.400. The summed E-state index contributed by atoms with van der Waals surface area (Å²) in [6, 6.07) is 11.4. The van der Waals surface area contributed by atoms with E-state index in [0.29, 0.717) is 29.3 Å². The molecule has 3 heterocycles. The summed E-state index contributed by atoms with van der Waals surface area (Å²) in [4.78, 5) is 1.77. The zero-order valence-electron chi connectivity index (χ0n) is 15.9. The number of benzene rings is 1. The molecule has 2 aromatic heterocycles. The molecular weight excluding hydrogens is 401 g/mol. The molecular formula is C20H21F3N4OS. The van der Waals surface area contributed by atoms with Gasteiger partial charge in [0, 0.05) is 12.2 Å². The molecule has 1 atom stereocenters. The van der Waals surface area contributed by atoms with Crippen molar-refractivity contribution >= 4 is 12.2 Å². The summed E-state index contributed by atoms with van der Waals surface area (Å²) in [7, 11) is 0. The summed E-state index contributed by atoms with van der Waals surface area (Å²) in [6.45, 7) is 2.61. The third-order valence-corrected chi connectivity index (χ3v) is 5.65. The van der Waals surface area contributed by atoms with Gasteiger partial charge in [-0.3, -0.25) is 9.47 Å². The molecule has 1 saturated heterocycles. The van der Waals surface area contributed by atoms with E-state index in [0.717, 1.165) is 11.3 Å². The Bertz CT molecular complexity index is 1040. The van der Waals surface area contributed by atoms with Crippen molar-refractivity contribution in [3.8, 4) is 17.1 Å². The summed E-state index contributed by atoms with van der Waals surface area (Å²) >= 11 is 5.67. The molecule has 0 aliphatic carbocycles. The maximum absolute atomic E-state index is 13.2. The number of furan rings is 1. The Morgan fingerprint density at radius 2 is 1.97 bits per heavy atom. The van der Waals surface area contributed by atoms with Crippen molar-refractivity contribution in [2.75, 3.05) is 13.1 Å². The van der Waals surface area contributed by atoms with Crippen LogP contribution in [0.15, 0.2) is 47.1 Å². The number of alkyl halides is 3. The van der Waals surface area contributed by atoms with Gasteiger partial charge < -0.3 is 4.42 Å². The highest BCUT2D eigenvalue weighted by Crippen LogP contribution is 2.33. The van der Waals surface area contributed by atoms with Crippen LogP contribution >= 0.6 is 12.2 Å². The molecule has 1 fully saturated rings. The minimum atomic E-state index is -4.18. The van der Waals surface area contributed by atoms with Crippen LogP contribution in [0, 0.1) is 17.6 Å². The van der Waals surface area contributed by atoms with Crippen LogP contribution in [-0.4, -0.2) is 38.5 Å². The van der Waals surface area contributed by atoms with Crippen LogP contribution < -0.4 is 0 Å². The summed E-state index contributed by atoms with van der Waals surface area (Å²) in [5.41, 5.74) is 1.64. The van der Waals surface area contributed by atoms with Gasteiger partial charge in [-0.15, -0.1) is 5.10 Å². The Morgan fingerprint density at radius 3 is 2.62 bits per heavy atom. The van der Waals surface area contributed by atoms with Gasteiger partial charge in [-0.05, 0) is 56.7 Å². The van der Waals surface area contributed by atoms with Gasteiger partial charge in [0.05, 0.1) is 24.4 Å². The van der Waals surface area contributed by atoms with Gasteiger partial charge >= 0.3 is 6.18 Å². The van der Waals surface area contributed by atoms with Gasteiger partial charge in [0.25, 0.3) is 0 Å². The topological polar surface area (TPSA) is 39.1 Å². The first-order valence-corrected chi connectivity index (χ1v) is 9.84. The molecule has 0 N–H and O–H groups in total. The molecule has 0 bridgehead atoms. The SMILES string of the molecule is Cc1occc1-c1nn(CN2CCCC(C(F)(F)F)C2)c(=S)n1-c1ccccc1. The standard InChI is InChI=1S/C20H21F3N4OS/c1-14-17(9-11-28-14)18-24-26(19(29)27(18)16-7-3-2-4-8-16)13-25-10-5-6-15(12-25)20(21,22)23/h2-4,7-9,11,15H,5-6,10,12-13H2,1H3. The molecule has 0 spiro atoms. The van der Waals surface area contributed by atoms with Crippen LogP contribution in [-0.2, 0) is 6.67 Å². The maximum Gasteiger partial charge on any atom is 0.393 e. The molecule has 4 rings (SSSR count). The fourth-order valence-electron chi connectivity index (χ4n) is 3.74. The lowest BCUT2D eigenvalue weighted by Gasteiger charge is -2.33. The second kappa shape index (κ2) is 7.79. The molecule has 0 saturated carbocycles. The number of hydrogen-bond acceptors (Lipinski definition) is 4. The summed E-state index contributed by atoms with van der Waals surface area (Å²) in [5, 5.41) is 4.66. The van der Waals surface area contributed by atoms with E-state index >= 15 is 0 Å². The normalized spacial score (nSPS) is 18.3. The predicted molar refractivity (Wildman–Crippen MR) is 105 cm³/mol. The van der Waals surface area contributed by atoms with Gasteiger partial charge in [0.2, 0.25) is 4.77 Å². The van der Waals surface area contributed by atoms with Crippen molar-refractivity contribution in [2.24, 2.45) is 5.92 Å². The molecule has 1 unspecified atom stereocenters. The first kappa shape index (κ1) is 19.9. The molecule has 5 nitrogen and oxygen atoms in total. The lowest BCUT2D eigenvalue weighted by Crippen LogP contribution is -2.42. The van der Waals surface area contributed by atoms with E-state index in [-0.39, 0.29) is 19.6 Å². The Kier molecular flexibility index (Phi) is 5.35. The number of aromatic nitrogens is 3. The Morgan fingerprint density at radius 1 is 1.21 bits per heavy atom. The third-order valence-electron chi connectivity index (χ3n) is 5.26. The zero-order valence-corrected chi connectivity index (χ0v) is 16.7. The Hall–Kier alpha value is -2.39. The zero-order chi connectivity index (χ0) is 20.6. The van der Waals surface area contributed by atoms with Crippen molar-refractivity contribution in [2.45, 2.75) is 32.6 Å². The van der Waals surface area contributed by atoms with Gasteiger partial charge in [0.15, 0.2) is 5.82 Å². The predicted octanol–water partition coefficient (Wildman–Crippen LogP) is 5.20. The van der Waals surface area contributed by atoms with E-state index < -0.39 is 12.1 Å². The maximum atomic E-state index is 13.2. The third kappa shape index (κ3) is 4.02. The van der Waals surface area contributed by atoms with E-state index in [9.17, 15) is 13.2 Å². The number of para-hydroxylation sites is 1. The van der Waals surface area contributed by atoms with Crippen LogP contribution in [0.4, 0.5) is 13.2 Å². The van der Waals surface area contributed by atoms with Crippen molar-refractivity contribution in [1.29, 1.82) is 0 Å². The number of rotatable bonds is 4. The highest BCUT2D eigenvalue weighted by atomic mass is 32.1. The number of hydrogen-bond donors (Lipinski definition) is 0. The second-order valence-electron chi connectivity index (χ2n) is 7.27. The highest BCUT2D eigenvalue weighted by Gasteiger charge is 2.41. The van der Waals surface area contributed by atoms with E-state index in [4.69, 9.17) is 16.6 Å². The van der Waals surface area contributed by atoms with Crippen LogP contribution in [0.25, 0.3) is 17.1 Å². The van der Waals surface area contributed by atoms with Crippen LogP contribution in [0.3, 0.4) is 0 Å². The molecule has 9 heteroatoms. The monoisotopic (exact) mass is 422 g/mol. The van der Waals surface area contributed by atoms with Gasteiger partial charge in [-0.1, -0.05) is 18.2 Å². The smallest absolute Gasteiger partial charge is 0.393 e.